The fraction of sp³-hybridized carbons (Fsp3) is 0.500. The number of aryl methyl sites for hydroxylation is 2. The van der Waals surface area contributed by atoms with Crippen LogP contribution < -0.4 is 0 Å². The normalized spacial score (nSPS) is 12.2. The molecule has 0 aliphatic carbocycles. The second-order valence-corrected chi connectivity index (χ2v) is 5.41. The number of carbonyl (C=O) groups excluding carboxylic acids is 1. The Morgan fingerprint density at radius 2 is 2.24 bits per heavy atom. The molecule has 1 unspecified atom stereocenters. The van der Waals surface area contributed by atoms with Crippen LogP contribution in [-0.2, 0) is 9.59 Å². The van der Waals surface area contributed by atoms with E-state index < -0.39 is 12.0 Å². The summed E-state index contributed by atoms with van der Waals surface area (Å²) in [6.45, 7) is 6.19. The predicted molar refractivity (Wildman–Crippen MR) is 67.2 cm³/mol. The smallest absolute Gasteiger partial charge is 0.331 e. The van der Waals surface area contributed by atoms with E-state index in [1.807, 2.05) is 26.8 Å². The summed E-state index contributed by atoms with van der Waals surface area (Å²) in [7, 11) is 0. The van der Waals surface area contributed by atoms with Crippen molar-refractivity contribution in [3.63, 3.8) is 0 Å². The molecule has 1 aromatic heterocycles. The van der Waals surface area contributed by atoms with Crippen molar-refractivity contribution in [2.75, 3.05) is 6.54 Å². The minimum Gasteiger partial charge on any atom is -0.479 e. The van der Waals surface area contributed by atoms with Gasteiger partial charge in [0.05, 0.1) is 0 Å². The van der Waals surface area contributed by atoms with Crippen molar-refractivity contribution in [1.82, 2.24) is 4.90 Å². The Bertz CT molecular complexity index is 414. The first kappa shape index (κ1) is 13.7. The molecule has 1 rings (SSSR count). The van der Waals surface area contributed by atoms with Gasteiger partial charge in [0.2, 0.25) is 6.41 Å². The van der Waals surface area contributed by atoms with Crippen LogP contribution >= 0.6 is 11.3 Å². The van der Waals surface area contributed by atoms with E-state index in [1.165, 1.54) is 4.90 Å². The lowest BCUT2D eigenvalue weighted by atomic mass is 10.1. The first-order valence-corrected chi connectivity index (χ1v) is 6.33. The number of carboxylic acid groups (broad SMARTS) is 1. The fourth-order valence-corrected chi connectivity index (χ4v) is 2.83. The molecule has 0 aliphatic rings. The van der Waals surface area contributed by atoms with Crippen molar-refractivity contribution in [2.45, 2.75) is 33.2 Å². The van der Waals surface area contributed by atoms with E-state index in [0.717, 1.165) is 21.7 Å². The topological polar surface area (TPSA) is 57.6 Å². The van der Waals surface area contributed by atoms with Crippen LogP contribution in [0.1, 0.15) is 34.7 Å². The number of hydrogen-bond acceptors (Lipinski definition) is 3. The fourth-order valence-electron chi connectivity index (χ4n) is 1.88. The van der Waals surface area contributed by atoms with Crippen molar-refractivity contribution >= 4 is 23.7 Å². The lowest BCUT2D eigenvalue weighted by molar-refractivity contribution is -0.146. The monoisotopic (exact) mass is 255 g/mol. The number of carboxylic acids is 1. The summed E-state index contributed by atoms with van der Waals surface area (Å²) in [6, 6.07) is 0.989. The summed E-state index contributed by atoms with van der Waals surface area (Å²) >= 11 is 1.56. The molecule has 0 saturated carbocycles. The van der Waals surface area contributed by atoms with E-state index in [9.17, 15) is 14.7 Å². The summed E-state index contributed by atoms with van der Waals surface area (Å²) in [5.41, 5.74) is 0.723. The largest absolute Gasteiger partial charge is 0.479 e. The van der Waals surface area contributed by atoms with Gasteiger partial charge < -0.3 is 10.0 Å². The Morgan fingerprint density at radius 3 is 2.59 bits per heavy atom. The molecule has 0 aromatic carbocycles. The Labute approximate surface area is 105 Å². The zero-order chi connectivity index (χ0) is 13.0. The Hall–Kier alpha value is -1.36. The number of carbonyl (C=O) groups is 2. The van der Waals surface area contributed by atoms with E-state index >= 15 is 0 Å². The van der Waals surface area contributed by atoms with Crippen LogP contribution in [0.5, 0.6) is 0 Å². The molecule has 4 nitrogen and oxygen atoms in total. The molecule has 17 heavy (non-hydrogen) atoms. The van der Waals surface area contributed by atoms with Gasteiger partial charge in [0.1, 0.15) is 0 Å². The van der Waals surface area contributed by atoms with E-state index in [2.05, 4.69) is 0 Å². The standard InChI is InChI=1S/C12H17NO3S/c1-4-5-13(7-14)11(12(15)16)10-6-8(2)17-9(10)3/h6-7,11H,4-5H2,1-3H3,(H,15,16). The third-order valence-electron chi connectivity index (χ3n) is 2.56. The highest BCUT2D eigenvalue weighted by molar-refractivity contribution is 7.12. The number of hydrogen-bond donors (Lipinski definition) is 1. The Balaban J connectivity index is 3.12. The molecule has 1 heterocycles. The third-order valence-corrected chi connectivity index (χ3v) is 3.54. The molecule has 1 aromatic rings. The minimum absolute atomic E-state index is 0.453. The number of thiophene rings is 1. The maximum absolute atomic E-state index is 11.3. The van der Waals surface area contributed by atoms with Crippen LogP contribution in [0.4, 0.5) is 0 Å². The summed E-state index contributed by atoms with van der Waals surface area (Å²) < 4.78 is 0. The zero-order valence-corrected chi connectivity index (χ0v) is 11.1. The second-order valence-electron chi connectivity index (χ2n) is 3.95. The number of nitrogens with zero attached hydrogens (tertiary/aromatic N) is 1. The molecule has 1 atom stereocenters. The molecule has 0 saturated heterocycles. The third kappa shape index (κ3) is 3.06. The molecule has 94 valence electrons. The highest BCUT2D eigenvalue weighted by Gasteiger charge is 2.28. The van der Waals surface area contributed by atoms with Gasteiger partial charge in [-0.1, -0.05) is 6.92 Å². The van der Waals surface area contributed by atoms with Gasteiger partial charge in [0.25, 0.3) is 0 Å². The summed E-state index contributed by atoms with van der Waals surface area (Å²) in [5, 5.41) is 9.29. The quantitative estimate of drug-likeness (QED) is 0.794. The van der Waals surface area contributed by atoms with Crippen LogP contribution in [0.25, 0.3) is 0 Å². The molecule has 0 radical (unpaired) electrons. The summed E-state index contributed by atoms with van der Waals surface area (Å²) in [4.78, 5) is 25.7. The van der Waals surface area contributed by atoms with Gasteiger partial charge in [-0.2, -0.15) is 0 Å². The summed E-state index contributed by atoms with van der Waals surface area (Å²) in [6.07, 6.45) is 1.36. The molecule has 1 N–H and O–H groups in total. The van der Waals surface area contributed by atoms with Gasteiger partial charge in [0.15, 0.2) is 6.04 Å². The Kier molecular flexibility index (Phi) is 4.69. The van der Waals surface area contributed by atoms with Crippen molar-refractivity contribution in [1.29, 1.82) is 0 Å². The minimum atomic E-state index is -0.980. The van der Waals surface area contributed by atoms with Crippen LogP contribution in [0, 0.1) is 13.8 Å². The zero-order valence-electron chi connectivity index (χ0n) is 10.3. The number of amides is 1. The van der Waals surface area contributed by atoms with Crippen LogP contribution in [0.3, 0.4) is 0 Å². The van der Waals surface area contributed by atoms with Gasteiger partial charge >= 0.3 is 5.97 Å². The Morgan fingerprint density at radius 1 is 1.59 bits per heavy atom. The highest BCUT2D eigenvalue weighted by atomic mass is 32.1. The molecular weight excluding hydrogens is 238 g/mol. The van der Waals surface area contributed by atoms with E-state index in [-0.39, 0.29) is 0 Å². The van der Waals surface area contributed by atoms with Gasteiger partial charge in [0, 0.05) is 16.3 Å². The van der Waals surface area contributed by atoms with Crippen molar-refractivity contribution in [3.8, 4) is 0 Å². The van der Waals surface area contributed by atoms with Gasteiger partial charge in [-0.3, -0.25) is 4.79 Å². The van der Waals surface area contributed by atoms with Crippen LogP contribution in [-0.4, -0.2) is 28.9 Å². The average Bonchev–Trinajstić information content (AvgIpc) is 2.56. The summed E-state index contributed by atoms with van der Waals surface area (Å²) in [5.74, 6) is -0.980. The SMILES string of the molecule is CCCN(C=O)C(C(=O)O)c1cc(C)sc1C. The van der Waals surface area contributed by atoms with E-state index in [0.29, 0.717) is 13.0 Å². The maximum Gasteiger partial charge on any atom is 0.331 e. The van der Waals surface area contributed by atoms with Gasteiger partial charge in [-0.05, 0) is 31.9 Å². The average molecular weight is 255 g/mol. The van der Waals surface area contributed by atoms with Crippen molar-refractivity contribution < 1.29 is 14.7 Å². The molecule has 5 heteroatoms. The lowest BCUT2D eigenvalue weighted by Crippen LogP contribution is -2.33. The van der Waals surface area contributed by atoms with Gasteiger partial charge in [-0.25, -0.2) is 4.79 Å². The lowest BCUT2D eigenvalue weighted by Gasteiger charge is -2.24. The molecule has 0 fully saturated rings. The first-order chi connectivity index (χ1) is 8.01. The van der Waals surface area contributed by atoms with Gasteiger partial charge in [-0.15, -0.1) is 11.3 Å². The van der Waals surface area contributed by atoms with Crippen molar-refractivity contribution in [2.24, 2.45) is 0 Å². The van der Waals surface area contributed by atoms with Crippen molar-refractivity contribution in [3.05, 3.63) is 21.4 Å². The molecule has 1 amide bonds. The maximum atomic E-state index is 11.3. The van der Waals surface area contributed by atoms with E-state index in [4.69, 9.17) is 0 Å². The molecule has 0 bridgehead atoms. The number of rotatable bonds is 6. The van der Waals surface area contributed by atoms with Crippen LogP contribution in [0.15, 0.2) is 6.07 Å². The predicted octanol–water partition coefficient (Wildman–Crippen LogP) is 2.36. The highest BCUT2D eigenvalue weighted by Crippen LogP contribution is 2.29. The van der Waals surface area contributed by atoms with Crippen LogP contribution in [0.2, 0.25) is 0 Å². The number of aliphatic carboxylic acids is 1. The molecule has 0 spiro atoms. The second kappa shape index (κ2) is 5.82. The molecular formula is C12H17NO3S. The molecule has 0 aliphatic heterocycles. The van der Waals surface area contributed by atoms with E-state index in [1.54, 1.807) is 11.3 Å². The first-order valence-electron chi connectivity index (χ1n) is 5.52.